The van der Waals surface area contributed by atoms with Gasteiger partial charge in [-0.1, -0.05) is 12.1 Å². The van der Waals surface area contributed by atoms with Crippen LogP contribution in [0.2, 0.25) is 0 Å². The van der Waals surface area contributed by atoms with Crippen molar-refractivity contribution in [3.8, 4) is 0 Å². The van der Waals surface area contributed by atoms with Crippen LogP contribution in [0.1, 0.15) is 31.4 Å². The predicted octanol–water partition coefficient (Wildman–Crippen LogP) is 1.77. The Labute approximate surface area is 127 Å². The molecule has 0 radical (unpaired) electrons. The third-order valence-corrected chi connectivity index (χ3v) is 6.00. The van der Waals surface area contributed by atoms with Gasteiger partial charge in [0, 0.05) is 26.2 Å². The minimum atomic E-state index is -3.42. The lowest BCUT2D eigenvalue weighted by Crippen LogP contribution is -2.42. The lowest BCUT2D eigenvalue weighted by molar-refractivity contribution is 0.0572. The van der Waals surface area contributed by atoms with Crippen molar-refractivity contribution in [2.24, 2.45) is 0 Å². The second kappa shape index (κ2) is 6.87. The van der Waals surface area contributed by atoms with E-state index < -0.39 is 10.0 Å². The maximum absolute atomic E-state index is 12.7. The van der Waals surface area contributed by atoms with E-state index >= 15 is 0 Å². The number of nitrogens with one attached hydrogen (secondary N) is 1. The Bertz CT molecular complexity index is 557. The van der Waals surface area contributed by atoms with E-state index in [0.717, 1.165) is 18.4 Å². The quantitative estimate of drug-likeness (QED) is 0.900. The molecular weight excluding hydrogens is 288 g/mol. The number of hydrogen-bond acceptors (Lipinski definition) is 4. The van der Waals surface area contributed by atoms with Gasteiger partial charge in [-0.3, -0.25) is 0 Å². The van der Waals surface area contributed by atoms with E-state index in [-0.39, 0.29) is 12.1 Å². The van der Waals surface area contributed by atoms with Gasteiger partial charge in [0.25, 0.3) is 0 Å². The summed E-state index contributed by atoms with van der Waals surface area (Å²) in [5, 5.41) is 3.14. The molecule has 0 bridgehead atoms. The number of hydrogen-bond donors (Lipinski definition) is 1. The highest BCUT2D eigenvalue weighted by molar-refractivity contribution is 7.89. The van der Waals surface area contributed by atoms with Gasteiger partial charge in [0.2, 0.25) is 10.0 Å². The van der Waals surface area contributed by atoms with Crippen molar-refractivity contribution < 1.29 is 13.2 Å². The molecule has 1 N–H and O–H groups in total. The van der Waals surface area contributed by atoms with Crippen molar-refractivity contribution in [3.05, 3.63) is 29.8 Å². The molecule has 1 fully saturated rings. The highest BCUT2D eigenvalue weighted by atomic mass is 32.2. The summed E-state index contributed by atoms with van der Waals surface area (Å²) in [6.07, 6.45) is 1.76. The zero-order valence-corrected chi connectivity index (χ0v) is 13.7. The van der Waals surface area contributed by atoms with E-state index in [9.17, 15) is 8.42 Å². The van der Waals surface area contributed by atoms with Crippen LogP contribution in [-0.2, 0) is 14.8 Å². The minimum Gasteiger partial charge on any atom is -0.380 e. The number of piperidine rings is 1. The highest BCUT2D eigenvalue weighted by Crippen LogP contribution is 2.23. The molecule has 1 aromatic rings. The van der Waals surface area contributed by atoms with Crippen molar-refractivity contribution in [2.75, 3.05) is 27.2 Å². The highest BCUT2D eigenvalue weighted by Gasteiger charge is 2.30. The first kappa shape index (κ1) is 16.4. The van der Waals surface area contributed by atoms with Crippen molar-refractivity contribution >= 4 is 10.0 Å². The largest absolute Gasteiger partial charge is 0.380 e. The first-order valence-electron chi connectivity index (χ1n) is 7.29. The number of ether oxygens (including phenoxy) is 1. The van der Waals surface area contributed by atoms with Crippen LogP contribution in [0, 0.1) is 0 Å². The number of benzene rings is 1. The van der Waals surface area contributed by atoms with Crippen LogP contribution in [0.4, 0.5) is 0 Å². The zero-order valence-electron chi connectivity index (χ0n) is 12.9. The van der Waals surface area contributed by atoms with Crippen LogP contribution in [0.15, 0.2) is 29.2 Å². The predicted molar refractivity (Wildman–Crippen MR) is 82.7 cm³/mol. The average molecular weight is 312 g/mol. The normalized spacial score (nSPS) is 22.1. The number of rotatable bonds is 5. The summed E-state index contributed by atoms with van der Waals surface area (Å²) in [7, 11) is 0.0952. The van der Waals surface area contributed by atoms with Crippen LogP contribution >= 0.6 is 0 Å². The number of sulfonamides is 1. The van der Waals surface area contributed by atoms with Crippen LogP contribution in [0.25, 0.3) is 0 Å². The zero-order chi connectivity index (χ0) is 15.5. The Morgan fingerprint density at radius 2 is 2.00 bits per heavy atom. The molecule has 1 aliphatic heterocycles. The molecule has 0 spiro atoms. The molecule has 1 aliphatic rings. The topological polar surface area (TPSA) is 58.6 Å². The summed E-state index contributed by atoms with van der Waals surface area (Å²) in [6, 6.07) is 7.32. The van der Waals surface area contributed by atoms with E-state index in [0.29, 0.717) is 18.0 Å². The van der Waals surface area contributed by atoms with Gasteiger partial charge >= 0.3 is 0 Å². The van der Waals surface area contributed by atoms with Crippen molar-refractivity contribution in [2.45, 2.75) is 36.8 Å². The summed E-state index contributed by atoms with van der Waals surface area (Å²) in [5.74, 6) is 0. The Morgan fingerprint density at radius 3 is 2.57 bits per heavy atom. The van der Waals surface area contributed by atoms with Crippen LogP contribution in [-0.4, -0.2) is 46.1 Å². The lowest BCUT2D eigenvalue weighted by atomic mass is 10.1. The van der Waals surface area contributed by atoms with Gasteiger partial charge in [0.05, 0.1) is 11.0 Å². The molecule has 1 aromatic carbocycles. The molecule has 2 atom stereocenters. The van der Waals surface area contributed by atoms with Gasteiger partial charge in [-0.05, 0) is 44.5 Å². The molecular formula is C15H24N2O3S. The van der Waals surface area contributed by atoms with Crippen molar-refractivity contribution in [1.29, 1.82) is 0 Å². The van der Waals surface area contributed by atoms with Crippen molar-refractivity contribution in [3.63, 3.8) is 0 Å². The first-order chi connectivity index (χ1) is 9.98. The summed E-state index contributed by atoms with van der Waals surface area (Å²) < 4.78 is 32.1. The fourth-order valence-corrected chi connectivity index (χ4v) is 4.07. The molecule has 0 saturated carbocycles. The maximum atomic E-state index is 12.7. The van der Waals surface area contributed by atoms with E-state index in [1.165, 1.54) is 4.31 Å². The van der Waals surface area contributed by atoms with Crippen LogP contribution in [0.3, 0.4) is 0 Å². The van der Waals surface area contributed by atoms with E-state index in [2.05, 4.69) is 5.32 Å². The third kappa shape index (κ3) is 3.63. The molecule has 2 unspecified atom stereocenters. The summed E-state index contributed by atoms with van der Waals surface area (Å²) in [5.41, 5.74) is 1.07. The van der Waals surface area contributed by atoms with E-state index in [1.54, 1.807) is 19.2 Å². The van der Waals surface area contributed by atoms with E-state index in [4.69, 9.17) is 4.74 Å². The molecule has 0 aromatic heterocycles. The van der Waals surface area contributed by atoms with Gasteiger partial charge in [0.15, 0.2) is 0 Å². The molecule has 6 heteroatoms. The Morgan fingerprint density at radius 1 is 1.33 bits per heavy atom. The van der Waals surface area contributed by atoms with E-state index in [1.807, 2.05) is 26.1 Å². The number of methoxy groups -OCH3 is 1. The van der Waals surface area contributed by atoms with Gasteiger partial charge in [-0.15, -0.1) is 0 Å². The Hall–Kier alpha value is -0.950. The van der Waals surface area contributed by atoms with Gasteiger partial charge in [0.1, 0.15) is 0 Å². The van der Waals surface area contributed by atoms with Gasteiger partial charge < -0.3 is 10.1 Å². The monoisotopic (exact) mass is 312 g/mol. The summed E-state index contributed by atoms with van der Waals surface area (Å²) >= 11 is 0. The Balaban J connectivity index is 2.19. The second-order valence-electron chi connectivity index (χ2n) is 5.44. The molecule has 1 saturated heterocycles. The van der Waals surface area contributed by atoms with Crippen LogP contribution in [0.5, 0.6) is 0 Å². The molecule has 118 valence electrons. The Kier molecular flexibility index (Phi) is 5.37. The van der Waals surface area contributed by atoms with Crippen molar-refractivity contribution in [1.82, 2.24) is 9.62 Å². The second-order valence-corrected chi connectivity index (χ2v) is 7.38. The molecule has 0 amide bonds. The third-order valence-electron chi connectivity index (χ3n) is 4.13. The molecule has 2 rings (SSSR count). The molecule has 1 heterocycles. The van der Waals surface area contributed by atoms with Gasteiger partial charge in [-0.25, -0.2) is 8.42 Å². The lowest BCUT2D eigenvalue weighted by Gasteiger charge is -2.31. The summed E-state index contributed by atoms with van der Waals surface area (Å²) in [4.78, 5) is 0.353. The number of nitrogens with zero attached hydrogens (tertiary/aromatic N) is 1. The first-order valence-corrected chi connectivity index (χ1v) is 8.73. The SMILES string of the molecule is CNC(C)c1ccc(S(=O)(=O)N2CCCC(OC)C2)cc1. The summed E-state index contributed by atoms with van der Waals surface area (Å²) in [6.45, 7) is 3.04. The standard InChI is InChI=1S/C15H24N2O3S/c1-12(16-2)13-6-8-15(9-7-13)21(18,19)17-10-4-5-14(11-17)20-3/h6-9,12,14,16H,4-5,10-11H2,1-3H3. The molecule has 0 aliphatic carbocycles. The van der Waals surface area contributed by atoms with Gasteiger partial charge in [-0.2, -0.15) is 4.31 Å². The smallest absolute Gasteiger partial charge is 0.243 e. The fourth-order valence-electron chi connectivity index (χ4n) is 2.56. The maximum Gasteiger partial charge on any atom is 0.243 e. The van der Waals surface area contributed by atoms with Crippen LogP contribution < -0.4 is 5.32 Å². The average Bonchev–Trinajstić information content (AvgIpc) is 2.54. The minimum absolute atomic E-state index is 0.00267. The molecule has 21 heavy (non-hydrogen) atoms. The molecule has 5 nitrogen and oxygen atoms in total. The fraction of sp³-hybridized carbons (Fsp3) is 0.600.